The van der Waals surface area contributed by atoms with Crippen molar-refractivity contribution < 1.29 is 9.00 Å². The fraction of sp³-hybridized carbons (Fsp3) is 0.462. The Morgan fingerprint density at radius 3 is 2.79 bits per heavy atom. The molecule has 2 amide bonds. The van der Waals surface area contributed by atoms with Crippen LogP contribution in [0.2, 0.25) is 0 Å². The van der Waals surface area contributed by atoms with E-state index in [4.69, 9.17) is 0 Å². The molecule has 2 unspecified atom stereocenters. The monoisotopic (exact) mass is 283 g/mol. The molecule has 5 nitrogen and oxygen atoms in total. The lowest BCUT2D eigenvalue weighted by atomic mass is 10.1. The van der Waals surface area contributed by atoms with Crippen LogP contribution in [0.3, 0.4) is 0 Å². The third-order valence-electron chi connectivity index (χ3n) is 2.75. The van der Waals surface area contributed by atoms with E-state index in [0.717, 1.165) is 11.3 Å². The molecule has 1 aromatic carbocycles. The molecule has 19 heavy (non-hydrogen) atoms. The zero-order chi connectivity index (χ0) is 14.3. The van der Waals surface area contributed by atoms with Crippen LogP contribution in [-0.4, -0.2) is 35.8 Å². The van der Waals surface area contributed by atoms with Crippen LogP contribution in [-0.2, 0) is 10.8 Å². The van der Waals surface area contributed by atoms with Crippen LogP contribution in [0.1, 0.15) is 18.5 Å². The van der Waals surface area contributed by atoms with Crippen molar-refractivity contribution in [1.82, 2.24) is 10.6 Å². The second-order valence-corrected chi connectivity index (χ2v) is 5.85. The normalized spacial score (nSPS) is 13.6. The Bertz CT molecular complexity index is 451. The summed E-state index contributed by atoms with van der Waals surface area (Å²) >= 11 is 0. The molecule has 3 N–H and O–H groups in total. The lowest BCUT2D eigenvalue weighted by molar-refractivity contribution is 0.252. The molecule has 6 heteroatoms. The van der Waals surface area contributed by atoms with Crippen molar-refractivity contribution in [1.29, 1.82) is 0 Å². The van der Waals surface area contributed by atoms with E-state index in [1.54, 1.807) is 6.26 Å². The molecule has 0 saturated carbocycles. The summed E-state index contributed by atoms with van der Waals surface area (Å²) in [5.41, 5.74) is 1.85. The van der Waals surface area contributed by atoms with Gasteiger partial charge in [0, 0.05) is 41.1 Å². The zero-order valence-electron chi connectivity index (χ0n) is 11.5. The zero-order valence-corrected chi connectivity index (χ0v) is 12.3. The van der Waals surface area contributed by atoms with Crippen molar-refractivity contribution in [2.24, 2.45) is 0 Å². The number of amides is 2. The van der Waals surface area contributed by atoms with Gasteiger partial charge in [0.1, 0.15) is 0 Å². The first-order valence-electron chi connectivity index (χ1n) is 6.15. The highest BCUT2D eigenvalue weighted by Crippen LogP contribution is 2.16. The number of anilines is 1. The van der Waals surface area contributed by atoms with Crippen LogP contribution in [0, 0.1) is 0 Å². The summed E-state index contributed by atoms with van der Waals surface area (Å²) in [6.45, 7) is 2.46. The van der Waals surface area contributed by atoms with Crippen LogP contribution >= 0.6 is 0 Å². The van der Waals surface area contributed by atoms with Gasteiger partial charge in [-0.2, -0.15) is 0 Å². The molecule has 0 aliphatic heterocycles. The fourth-order valence-electron chi connectivity index (χ4n) is 1.54. The highest BCUT2D eigenvalue weighted by atomic mass is 32.2. The molecule has 0 saturated heterocycles. The highest BCUT2D eigenvalue weighted by molar-refractivity contribution is 7.84. The smallest absolute Gasteiger partial charge is 0.319 e. The van der Waals surface area contributed by atoms with E-state index in [2.05, 4.69) is 22.9 Å². The summed E-state index contributed by atoms with van der Waals surface area (Å²) in [6, 6.07) is 7.62. The number of nitrogens with one attached hydrogen (secondary N) is 3. The number of carbonyl (C=O) groups is 1. The van der Waals surface area contributed by atoms with Crippen molar-refractivity contribution in [3.8, 4) is 0 Å². The first kappa shape index (κ1) is 15.7. The van der Waals surface area contributed by atoms with Gasteiger partial charge in [0.05, 0.1) is 0 Å². The Morgan fingerprint density at radius 1 is 1.42 bits per heavy atom. The molecular formula is C13H21N3O2S. The lowest BCUT2D eigenvalue weighted by Crippen LogP contribution is -2.31. The van der Waals surface area contributed by atoms with E-state index >= 15 is 0 Å². The second kappa shape index (κ2) is 7.91. The number of urea groups is 1. The van der Waals surface area contributed by atoms with Gasteiger partial charge in [-0.15, -0.1) is 0 Å². The predicted octanol–water partition coefficient (Wildman–Crippen LogP) is 1.47. The molecule has 0 fully saturated rings. The molecule has 0 heterocycles. The van der Waals surface area contributed by atoms with Crippen LogP contribution in [0.4, 0.5) is 10.5 Å². The van der Waals surface area contributed by atoms with Crippen LogP contribution < -0.4 is 16.0 Å². The Balaban J connectivity index is 2.52. The average Bonchev–Trinajstić information content (AvgIpc) is 2.37. The van der Waals surface area contributed by atoms with Crippen molar-refractivity contribution >= 4 is 22.5 Å². The highest BCUT2D eigenvalue weighted by Gasteiger charge is 2.05. The van der Waals surface area contributed by atoms with Gasteiger partial charge in [0.2, 0.25) is 0 Å². The maximum Gasteiger partial charge on any atom is 0.319 e. The van der Waals surface area contributed by atoms with E-state index in [0.29, 0.717) is 12.3 Å². The summed E-state index contributed by atoms with van der Waals surface area (Å²) in [7, 11) is 1.00. The van der Waals surface area contributed by atoms with Crippen LogP contribution in [0.15, 0.2) is 24.3 Å². The van der Waals surface area contributed by atoms with E-state index in [1.807, 2.05) is 31.3 Å². The van der Waals surface area contributed by atoms with E-state index in [1.165, 1.54) is 0 Å². The summed E-state index contributed by atoms with van der Waals surface area (Å²) < 4.78 is 10.9. The quantitative estimate of drug-likeness (QED) is 0.740. The molecule has 0 aliphatic carbocycles. The molecule has 106 valence electrons. The van der Waals surface area contributed by atoms with E-state index in [9.17, 15) is 9.00 Å². The first-order valence-corrected chi connectivity index (χ1v) is 7.87. The van der Waals surface area contributed by atoms with Crippen molar-refractivity contribution in [2.45, 2.75) is 13.0 Å². The maximum absolute atomic E-state index is 11.6. The predicted molar refractivity (Wildman–Crippen MR) is 79.9 cm³/mol. The topological polar surface area (TPSA) is 70.2 Å². The first-order chi connectivity index (χ1) is 9.02. The van der Waals surface area contributed by atoms with Gasteiger partial charge in [-0.3, -0.25) is 4.21 Å². The van der Waals surface area contributed by atoms with Gasteiger partial charge in [-0.05, 0) is 31.7 Å². The standard InChI is InChI=1S/C13H21N3O2S/c1-10(14-2)11-5-4-6-12(9-11)16-13(17)15-7-8-19(3)18/h4-6,9-10,14H,7-8H2,1-3H3,(H2,15,16,17). The Kier molecular flexibility index (Phi) is 6.52. The molecule has 0 radical (unpaired) electrons. The summed E-state index contributed by atoms with van der Waals surface area (Å²) in [5.74, 6) is 0.463. The fourth-order valence-corrected chi connectivity index (χ4v) is 1.93. The average molecular weight is 283 g/mol. The summed E-state index contributed by atoms with van der Waals surface area (Å²) in [4.78, 5) is 11.6. The number of hydrogen-bond acceptors (Lipinski definition) is 3. The van der Waals surface area contributed by atoms with E-state index in [-0.39, 0.29) is 12.1 Å². The molecule has 0 aromatic heterocycles. The van der Waals surface area contributed by atoms with Gasteiger partial charge in [0.15, 0.2) is 0 Å². The van der Waals surface area contributed by atoms with Gasteiger partial charge < -0.3 is 16.0 Å². The van der Waals surface area contributed by atoms with Crippen LogP contribution in [0.25, 0.3) is 0 Å². The van der Waals surface area contributed by atoms with Crippen LogP contribution in [0.5, 0.6) is 0 Å². The minimum absolute atomic E-state index is 0.229. The molecule has 0 spiro atoms. The van der Waals surface area contributed by atoms with Gasteiger partial charge in [-0.1, -0.05) is 12.1 Å². The third kappa shape index (κ3) is 5.85. The molecule has 0 bridgehead atoms. The van der Waals surface area contributed by atoms with E-state index < -0.39 is 10.8 Å². The minimum atomic E-state index is -0.890. The van der Waals surface area contributed by atoms with Crippen molar-refractivity contribution in [3.05, 3.63) is 29.8 Å². The van der Waals surface area contributed by atoms with Gasteiger partial charge in [0.25, 0.3) is 0 Å². The number of rotatable bonds is 6. The van der Waals surface area contributed by atoms with Gasteiger partial charge >= 0.3 is 6.03 Å². The Hall–Kier alpha value is -1.40. The number of hydrogen-bond donors (Lipinski definition) is 3. The number of carbonyl (C=O) groups excluding carboxylic acids is 1. The van der Waals surface area contributed by atoms with Gasteiger partial charge in [-0.25, -0.2) is 4.79 Å². The Morgan fingerprint density at radius 2 is 2.16 bits per heavy atom. The molecule has 2 atom stereocenters. The van der Waals surface area contributed by atoms with Crippen molar-refractivity contribution in [3.63, 3.8) is 0 Å². The molecule has 1 aromatic rings. The number of benzene rings is 1. The second-order valence-electron chi connectivity index (χ2n) is 4.29. The molecular weight excluding hydrogens is 262 g/mol. The SMILES string of the molecule is CNC(C)c1cccc(NC(=O)NCCS(C)=O)c1. The summed E-state index contributed by atoms with van der Waals surface area (Å²) in [5, 5.41) is 8.57. The summed E-state index contributed by atoms with van der Waals surface area (Å²) in [6.07, 6.45) is 1.61. The minimum Gasteiger partial charge on any atom is -0.337 e. The Labute approximate surface area is 116 Å². The molecule has 0 aliphatic rings. The lowest BCUT2D eigenvalue weighted by Gasteiger charge is -2.13. The largest absolute Gasteiger partial charge is 0.337 e. The molecule has 1 rings (SSSR count). The van der Waals surface area contributed by atoms with Crippen molar-refractivity contribution in [2.75, 3.05) is 30.9 Å². The third-order valence-corrected chi connectivity index (χ3v) is 3.53. The maximum atomic E-state index is 11.6.